The highest BCUT2D eigenvalue weighted by Gasteiger charge is 2.09. The molecule has 0 aromatic carbocycles. The lowest BCUT2D eigenvalue weighted by atomic mass is 10.3. The van der Waals surface area contributed by atoms with Gasteiger partial charge in [-0.25, -0.2) is 4.98 Å². The van der Waals surface area contributed by atoms with E-state index >= 15 is 0 Å². The number of rotatable bonds is 3. The van der Waals surface area contributed by atoms with E-state index in [0.717, 1.165) is 17.1 Å². The number of methoxy groups -OCH3 is 1. The highest BCUT2D eigenvalue weighted by Crippen LogP contribution is 2.18. The van der Waals surface area contributed by atoms with E-state index in [1.807, 2.05) is 31.6 Å². The minimum Gasteiger partial charge on any atom is -0.497 e. The van der Waals surface area contributed by atoms with E-state index in [1.165, 1.54) is 0 Å². The zero-order valence-electron chi connectivity index (χ0n) is 9.19. The number of pyridine rings is 1. The number of fused-ring (bicyclic) bond motifs is 1. The average Bonchev–Trinajstić information content (AvgIpc) is 2.70. The van der Waals surface area contributed by atoms with Gasteiger partial charge in [0.15, 0.2) is 0 Å². The Labute approximate surface area is 88.9 Å². The van der Waals surface area contributed by atoms with Crippen molar-refractivity contribution in [3.63, 3.8) is 0 Å². The lowest BCUT2D eigenvalue weighted by Gasteiger charge is -2.09. The molecule has 0 saturated heterocycles. The van der Waals surface area contributed by atoms with Gasteiger partial charge in [-0.15, -0.1) is 0 Å². The third kappa shape index (κ3) is 1.68. The van der Waals surface area contributed by atoms with E-state index in [9.17, 15) is 0 Å². The van der Waals surface area contributed by atoms with Crippen LogP contribution in [0.4, 0.5) is 0 Å². The zero-order chi connectivity index (χ0) is 10.8. The molecule has 0 spiro atoms. The molecular formula is C11H15N3O. The number of hydrogen-bond acceptors (Lipinski definition) is 3. The predicted molar refractivity (Wildman–Crippen MR) is 59.2 cm³/mol. The third-order valence-corrected chi connectivity index (χ3v) is 2.59. The van der Waals surface area contributed by atoms with Gasteiger partial charge in [0.05, 0.1) is 24.9 Å². The monoisotopic (exact) mass is 205 g/mol. The van der Waals surface area contributed by atoms with Crippen LogP contribution in [0.2, 0.25) is 0 Å². The van der Waals surface area contributed by atoms with Crippen molar-refractivity contribution in [3.8, 4) is 5.75 Å². The van der Waals surface area contributed by atoms with E-state index in [4.69, 9.17) is 4.74 Å². The second-order valence-corrected chi connectivity index (χ2v) is 3.49. The van der Waals surface area contributed by atoms with Crippen molar-refractivity contribution < 1.29 is 4.74 Å². The van der Waals surface area contributed by atoms with Crippen molar-refractivity contribution in [2.24, 2.45) is 0 Å². The molecule has 1 atom stereocenters. The van der Waals surface area contributed by atoms with Crippen LogP contribution in [0.1, 0.15) is 18.8 Å². The number of nitrogens with one attached hydrogen (secondary N) is 1. The van der Waals surface area contributed by atoms with Crippen LogP contribution in [0, 0.1) is 0 Å². The van der Waals surface area contributed by atoms with Crippen LogP contribution >= 0.6 is 0 Å². The van der Waals surface area contributed by atoms with Crippen molar-refractivity contribution in [2.45, 2.75) is 13.0 Å². The molecule has 2 aromatic heterocycles. The van der Waals surface area contributed by atoms with Crippen LogP contribution < -0.4 is 10.1 Å². The minimum absolute atomic E-state index is 0.237. The summed E-state index contributed by atoms with van der Waals surface area (Å²) in [6.45, 7) is 2.08. The Kier molecular flexibility index (Phi) is 2.60. The second kappa shape index (κ2) is 3.90. The standard InChI is InChI=1S/C11H15N3O/c1-8(12-2)11-13-7-9-6-10(15-3)4-5-14(9)11/h4-8,12H,1-3H3. The minimum atomic E-state index is 0.237. The number of imidazole rings is 1. The van der Waals surface area contributed by atoms with Gasteiger partial charge >= 0.3 is 0 Å². The first-order chi connectivity index (χ1) is 7.26. The number of hydrogen-bond donors (Lipinski definition) is 1. The summed E-state index contributed by atoms with van der Waals surface area (Å²) in [5.74, 6) is 1.86. The molecule has 0 amide bonds. The van der Waals surface area contributed by atoms with Crippen molar-refractivity contribution >= 4 is 5.52 Å². The fourth-order valence-electron chi connectivity index (χ4n) is 1.58. The first-order valence-electron chi connectivity index (χ1n) is 4.94. The first-order valence-corrected chi connectivity index (χ1v) is 4.94. The average molecular weight is 205 g/mol. The summed E-state index contributed by atoms with van der Waals surface area (Å²) in [7, 11) is 3.59. The Morgan fingerprint density at radius 3 is 3.00 bits per heavy atom. The lowest BCUT2D eigenvalue weighted by molar-refractivity contribution is 0.414. The summed E-state index contributed by atoms with van der Waals surface area (Å²) in [6.07, 6.45) is 3.83. The SMILES string of the molecule is CNC(C)c1ncc2cc(OC)ccn12. The molecule has 0 fully saturated rings. The van der Waals surface area contributed by atoms with Gasteiger partial charge in [0.25, 0.3) is 0 Å². The maximum Gasteiger partial charge on any atom is 0.130 e. The maximum absolute atomic E-state index is 5.16. The maximum atomic E-state index is 5.16. The summed E-state index contributed by atoms with van der Waals surface area (Å²) < 4.78 is 7.22. The molecule has 4 nitrogen and oxygen atoms in total. The summed E-state index contributed by atoms with van der Waals surface area (Å²) in [5.41, 5.74) is 1.05. The third-order valence-electron chi connectivity index (χ3n) is 2.59. The van der Waals surface area contributed by atoms with E-state index in [0.29, 0.717) is 0 Å². The molecule has 1 unspecified atom stereocenters. The molecule has 2 aromatic rings. The lowest BCUT2D eigenvalue weighted by Crippen LogP contribution is -2.15. The summed E-state index contributed by atoms with van der Waals surface area (Å²) in [4.78, 5) is 4.39. The number of aromatic nitrogens is 2. The van der Waals surface area contributed by atoms with Gasteiger partial charge in [-0.05, 0) is 20.0 Å². The van der Waals surface area contributed by atoms with Gasteiger partial charge < -0.3 is 14.5 Å². The largest absolute Gasteiger partial charge is 0.497 e. The Balaban J connectivity index is 2.52. The molecule has 2 heterocycles. The van der Waals surface area contributed by atoms with Crippen molar-refractivity contribution in [2.75, 3.05) is 14.2 Å². The quantitative estimate of drug-likeness (QED) is 0.827. The van der Waals surface area contributed by atoms with Crippen molar-refractivity contribution in [1.29, 1.82) is 0 Å². The van der Waals surface area contributed by atoms with E-state index in [2.05, 4.69) is 21.6 Å². The zero-order valence-corrected chi connectivity index (χ0v) is 9.19. The molecule has 0 aliphatic carbocycles. The molecular weight excluding hydrogens is 190 g/mol. The Hall–Kier alpha value is -1.55. The Bertz CT molecular complexity index is 464. The topological polar surface area (TPSA) is 38.6 Å². The fraction of sp³-hybridized carbons (Fsp3) is 0.364. The highest BCUT2D eigenvalue weighted by molar-refractivity contribution is 5.50. The molecule has 0 radical (unpaired) electrons. The summed E-state index contributed by atoms with van der Waals surface area (Å²) >= 11 is 0. The fourth-order valence-corrected chi connectivity index (χ4v) is 1.58. The van der Waals surface area contributed by atoms with Crippen LogP contribution in [0.15, 0.2) is 24.5 Å². The Morgan fingerprint density at radius 1 is 1.53 bits per heavy atom. The van der Waals surface area contributed by atoms with Gasteiger partial charge in [-0.2, -0.15) is 0 Å². The Morgan fingerprint density at radius 2 is 2.33 bits per heavy atom. The van der Waals surface area contributed by atoms with Gasteiger partial charge in [-0.3, -0.25) is 0 Å². The smallest absolute Gasteiger partial charge is 0.130 e. The molecule has 4 heteroatoms. The highest BCUT2D eigenvalue weighted by atomic mass is 16.5. The first kappa shape index (κ1) is 9.98. The van der Waals surface area contributed by atoms with Gasteiger partial charge in [0.2, 0.25) is 0 Å². The van der Waals surface area contributed by atoms with Gasteiger partial charge in [0.1, 0.15) is 11.6 Å². The molecule has 0 bridgehead atoms. The molecule has 0 aliphatic heterocycles. The van der Waals surface area contributed by atoms with E-state index in [-0.39, 0.29) is 6.04 Å². The predicted octanol–water partition coefficient (Wildman–Crippen LogP) is 1.62. The van der Waals surface area contributed by atoms with Crippen molar-refractivity contribution in [3.05, 3.63) is 30.4 Å². The van der Waals surface area contributed by atoms with Crippen LogP contribution in [-0.2, 0) is 0 Å². The number of nitrogens with zero attached hydrogens (tertiary/aromatic N) is 2. The summed E-state index contributed by atoms with van der Waals surface area (Å²) in [6, 6.07) is 4.14. The summed E-state index contributed by atoms with van der Waals surface area (Å²) in [5, 5.41) is 3.17. The van der Waals surface area contributed by atoms with E-state index in [1.54, 1.807) is 7.11 Å². The van der Waals surface area contributed by atoms with Gasteiger partial charge in [0, 0.05) is 12.3 Å². The molecule has 80 valence electrons. The normalized spacial score (nSPS) is 13.0. The van der Waals surface area contributed by atoms with Crippen LogP contribution in [0.25, 0.3) is 5.52 Å². The van der Waals surface area contributed by atoms with Crippen LogP contribution in [0.5, 0.6) is 5.75 Å². The van der Waals surface area contributed by atoms with E-state index < -0.39 is 0 Å². The molecule has 2 rings (SSSR count). The molecule has 1 N–H and O–H groups in total. The second-order valence-electron chi connectivity index (χ2n) is 3.49. The van der Waals surface area contributed by atoms with Crippen LogP contribution in [0.3, 0.4) is 0 Å². The van der Waals surface area contributed by atoms with Gasteiger partial charge in [-0.1, -0.05) is 0 Å². The van der Waals surface area contributed by atoms with Crippen molar-refractivity contribution in [1.82, 2.24) is 14.7 Å². The molecule has 0 saturated carbocycles. The molecule has 15 heavy (non-hydrogen) atoms. The molecule has 0 aliphatic rings. The number of ether oxygens (including phenoxy) is 1. The van der Waals surface area contributed by atoms with Crippen LogP contribution in [-0.4, -0.2) is 23.5 Å².